The Balaban J connectivity index is 2.86. The molecule has 0 aliphatic carbocycles. The summed E-state index contributed by atoms with van der Waals surface area (Å²) >= 11 is -1.91. The Morgan fingerprint density at radius 3 is 1.83 bits per heavy atom. The predicted octanol–water partition coefficient (Wildman–Crippen LogP) is 0.613. The maximum atomic E-state index is 10.3. The third kappa shape index (κ3) is 0.767. The van der Waals surface area contributed by atoms with Gasteiger partial charge in [-0.2, -0.15) is 0 Å². The van der Waals surface area contributed by atoms with E-state index in [1.165, 1.54) is 0 Å². The molecule has 0 unspecified atom stereocenters. The summed E-state index contributed by atoms with van der Waals surface area (Å²) in [7, 11) is 0. The van der Waals surface area contributed by atoms with E-state index in [1.54, 1.807) is 8.25 Å². The van der Waals surface area contributed by atoms with Crippen LogP contribution in [-0.4, -0.2) is 19.5 Å². The van der Waals surface area contributed by atoms with Gasteiger partial charge < -0.3 is 0 Å². The van der Waals surface area contributed by atoms with Gasteiger partial charge in [-0.05, 0) is 0 Å². The summed E-state index contributed by atoms with van der Waals surface area (Å²) in [4.78, 5) is 0. The molecule has 1 aliphatic heterocycles. The molecule has 6 heavy (non-hydrogen) atoms. The second kappa shape index (κ2) is 1.68. The summed E-state index contributed by atoms with van der Waals surface area (Å²) in [5, 5.41) is 0. The summed E-state index contributed by atoms with van der Waals surface area (Å²) in [5.41, 5.74) is 0. The van der Waals surface area contributed by atoms with Crippen molar-refractivity contribution in [2.75, 3.05) is 0 Å². The van der Waals surface area contributed by atoms with Crippen LogP contribution in [-0.2, 0) is 3.10 Å². The quantitative estimate of drug-likeness (QED) is 0.518. The van der Waals surface area contributed by atoms with E-state index in [4.69, 9.17) is 0 Å². The predicted molar refractivity (Wildman–Crippen MR) is 24.7 cm³/mol. The fourth-order valence-corrected chi connectivity index (χ4v) is 1.95. The van der Waals surface area contributed by atoms with Crippen LogP contribution in [0.5, 0.6) is 0 Å². The fraction of sp³-hybridized carbons (Fsp3) is 0. The van der Waals surface area contributed by atoms with Gasteiger partial charge in [-0.1, -0.05) is 0 Å². The van der Waals surface area contributed by atoms with Gasteiger partial charge in [0, 0.05) is 0 Å². The molecule has 0 radical (unpaired) electrons. The normalized spacial score (nSPS) is 20.0. The molecule has 0 atom stereocenters. The number of hydrogen-bond donors (Lipinski definition) is 0. The van der Waals surface area contributed by atoms with E-state index in [9.17, 15) is 3.10 Å². The molecular formula is C4H4OTe. The standard InChI is InChI=1S/C4H4OTe/c5-6-3-1-2-4-6/h1-4H. The molecule has 2 heteroatoms. The van der Waals surface area contributed by atoms with Crippen molar-refractivity contribution in [2.24, 2.45) is 0 Å². The molecule has 32 valence electrons. The van der Waals surface area contributed by atoms with Crippen molar-refractivity contribution in [3.63, 3.8) is 0 Å². The minimum atomic E-state index is -1.91. The molecule has 0 amide bonds. The van der Waals surface area contributed by atoms with Crippen LogP contribution in [0.1, 0.15) is 0 Å². The number of allylic oxidation sites excluding steroid dienone is 2. The zero-order valence-electron chi connectivity index (χ0n) is 3.13. The first-order chi connectivity index (χ1) is 2.89. The summed E-state index contributed by atoms with van der Waals surface area (Å²) in [6.45, 7) is 0. The van der Waals surface area contributed by atoms with Crippen LogP contribution >= 0.6 is 0 Å². The van der Waals surface area contributed by atoms with Crippen LogP contribution in [0.2, 0.25) is 0 Å². The van der Waals surface area contributed by atoms with Gasteiger partial charge in [0.1, 0.15) is 0 Å². The molecule has 0 bridgehead atoms. The van der Waals surface area contributed by atoms with E-state index in [1.807, 2.05) is 12.2 Å². The Morgan fingerprint density at radius 2 is 1.67 bits per heavy atom. The molecule has 0 saturated heterocycles. The van der Waals surface area contributed by atoms with Crippen LogP contribution in [0, 0.1) is 0 Å². The third-order valence-corrected chi connectivity index (χ3v) is 2.96. The SMILES string of the molecule is O=[Te]1C=CC=C1. The zero-order valence-corrected chi connectivity index (χ0v) is 5.46. The molecule has 0 N–H and O–H groups in total. The minimum absolute atomic E-state index is 1.78. The second-order valence-electron chi connectivity index (χ2n) is 0.986. The Morgan fingerprint density at radius 1 is 1.17 bits per heavy atom. The molecule has 0 fully saturated rings. The molecule has 0 aromatic heterocycles. The first-order valence-electron chi connectivity index (χ1n) is 1.64. The van der Waals surface area contributed by atoms with E-state index >= 15 is 0 Å². The van der Waals surface area contributed by atoms with Gasteiger partial charge in [-0.25, -0.2) is 0 Å². The van der Waals surface area contributed by atoms with Crippen molar-refractivity contribution >= 4 is 19.5 Å². The summed E-state index contributed by atoms with van der Waals surface area (Å²) in [6, 6.07) is 0. The molecule has 1 rings (SSSR count). The van der Waals surface area contributed by atoms with E-state index in [0.29, 0.717) is 0 Å². The zero-order chi connectivity index (χ0) is 4.41. The van der Waals surface area contributed by atoms with Gasteiger partial charge in [0.25, 0.3) is 0 Å². The fourth-order valence-electron chi connectivity index (χ4n) is 0.291. The molecule has 1 aliphatic rings. The van der Waals surface area contributed by atoms with Gasteiger partial charge in [-0.3, -0.25) is 0 Å². The Bertz CT molecular complexity index is 110. The first kappa shape index (κ1) is 4.23. The maximum absolute atomic E-state index is 10.3. The second-order valence-corrected chi connectivity index (χ2v) is 4.41. The Hall–Kier alpha value is 0.0696. The Labute approximate surface area is 43.4 Å². The Kier molecular flexibility index (Phi) is 1.19. The van der Waals surface area contributed by atoms with Gasteiger partial charge >= 0.3 is 43.0 Å². The van der Waals surface area contributed by atoms with Crippen LogP contribution < -0.4 is 0 Å². The topological polar surface area (TPSA) is 17.1 Å². The molecular weight excluding hydrogens is 192 g/mol. The monoisotopic (exact) mass is 198 g/mol. The van der Waals surface area contributed by atoms with E-state index in [2.05, 4.69) is 0 Å². The van der Waals surface area contributed by atoms with Crippen LogP contribution in [0.3, 0.4) is 0 Å². The van der Waals surface area contributed by atoms with E-state index in [0.717, 1.165) is 0 Å². The van der Waals surface area contributed by atoms with Crippen molar-refractivity contribution in [3.05, 3.63) is 20.4 Å². The average Bonchev–Trinajstić information content (AvgIpc) is 1.86. The van der Waals surface area contributed by atoms with Crippen molar-refractivity contribution in [1.82, 2.24) is 0 Å². The number of rotatable bonds is 0. The number of hydrogen-bond acceptors (Lipinski definition) is 1. The summed E-state index contributed by atoms with van der Waals surface area (Å²) in [5.74, 6) is 0. The van der Waals surface area contributed by atoms with Crippen LogP contribution in [0.25, 0.3) is 0 Å². The van der Waals surface area contributed by atoms with Gasteiger partial charge in [0.05, 0.1) is 0 Å². The third-order valence-electron chi connectivity index (χ3n) is 0.536. The van der Waals surface area contributed by atoms with Crippen molar-refractivity contribution in [3.8, 4) is 0 Å². The molecule has 0 aromatic rings. The molecule has 0 saturated carbocycles. The molecule has 1 heterocycles. The van der Waals surface area contributed by atoms with Gasteiger partial charge in [0.15, 0.2) is 0 Å². The van der Waals surface area contributed by atoms with Crippen molar-refractivity contribution in [2.45, 2.75) is 0 Å². The first-order valence-corrected chi connectivity index (χ1v) is 5.28. The van der Waals surface area contributed by atoms with Crippen LogP contribution in [0.15, 0.2) is 20.4 Å². The summed E-state index contributed by atoms with van der Waals surface area (Å²) < 4.78 is 13.9. The van der Waals surface area contributed by atoms with E-state index < -0.39 is 19.5 Å². The molecule has 0 aromatic carbocycles. The van der Waals surface area contributed by atoms with Crippen molar-refractivity contribution < 1.29 is 3.10 Å². The molecule has 1 nitrogen and oxygen atoms in total. The molecule has 0 spiro atoms. The summed E-state index contributed by atoms with van der Waals surface area (Å²) in [6.07, 6.45) is 3.67. The average molecular weight is 196 g/mol. The van der Waals surface area contributed by atoms with E-state index in [-0.39, 0.29) is 0 Å². The van der Waals surface area contributed by atoms with Crippen LogP contribution in [0.4, 0.5) is 0 Å². The van der Waals surface area contributed by atoms with Gasteiger partial charge in [-0.15, -0.1) is 0 Å². The van der Waals surface area contributed by atoms with Crippen molar-refractivity contribution in [1.29, 1.82) is 0 Å². The van der Waals surface area contributed by atoms with Gasteiger partial charge in [0.2, 0.25) is 0 Å².